The van der Waals surface area contributed by atoms with Gasteiger partial charge in [-0.15, -0.1) is 10.2 Å². The van der Waals surface area contributed by atoms with E-state index in [0.29, 0.717) is 16.8 Å². The summed E-state index contributed by atoms with van der Waals surface area (Å²) in [6.07, 6.45) is -2.40. The molecule has 0 saturated heterocycles. The number of anilines is 1. The molecule has 1 aromatic heterocycles. The Morgan fingerprint density at radius 3 is 2.63 bits per heavy atom. The highest BCUT2D eigenvalue weighted by Gasteiger charge is 2.34. The molecule has 1 fully saturated rings. The standard InChI is InChI=1S/C21H19F3N4OS/c1-13(29)25-16-6-4-7-17(11-16)28-19(14-9-10-14)26-27-20(28)30-12-15-5-2-3-8-18(15)21(22,23)24/h2-8,11,14H,9-10,12H2,1H3,(H,25,29). The number of carbonyl (C=O) groups excluding carboxylic acids is 1. The van der Waals surface area contributed by atoms with Crippen LogP contribution in [0.25, 0.3) is 5.69 Å². The second kappa shape index (κ2) is 8.14. The van der Waals surface area contributed by atoms with Crippen molar-refractivity contribution in [1.29, 1.82) is 0 Å². The van der Waals surface area contributed by atoms with E-state index in [4.69, 9.17) is 0 Å². The van der Waals surface area contributed by atoms with Gasteiger partial charge in [0.05, 0.1) is 11.3 Å². The second-order valence-corrected chi connectivity index (χ2v) is 8.07. The molecule has 0 radical (unpaired) electrons. The van der Waals surface area contributed by atoms with Crippen molar-refractivity contribution in [2.45, 2.75) is 42.8 Å². The fraction of sp³-hybridized carbons (Fsp3) is 0.286. The molecule has 1 aliphatic carbocycles. The average molecular weight is 432 g/mol. The minimum atomic E-state index is -4.41. The summed E-state index contributed by atoms with van der Waals surface area (Å²) in [5, 5.41) is 11.8. The monoisotopic (exact) mass is 432 g/mol. The molecule has 3 aromatic rings. The number of carbonyl (C=O) groups is 1. The van der Waals surface area contributed by atoms with Crippen LogP contribution in [0.15, 0.2) is 53.7 Å². The number of nitrogens with one attached hydrogen (secondary N) is 1. The number of thioether (sulfide) groups is 1. The van der Waals surface area contributed by atoms with Crippen molar-refractivity contribution in [3.63, 3.8) is 0 Å². The molecule has 0 spiro atoms. The molecule has 1 saturated carbocycles. The number of nitrogens with zero attached hydrogens (tertiary/aromatic N) is 3. The molecule has 2 aromatic carbocycles. The van der Waals surface area contributed by atoms with Crippen molar-refractivity contribution in [3.05, 3.63) is 65.5 Å². The number of rotatable bonds is 6. The minimum Gasteiger partial charge on any atom is -0.326 e. The molecule has 1 amide bonds. The van der Waals surface area contributed by atoms with Gasteiger partial charge in [-0.1, -0.05) is 36.0 Å². The second-order valence-electron chi connectivity index (χ2n) is 7.13. The number of hydrogen-bond acceptors (Lipinski definition) is 4. The summed E-state index contributed by atoms with van der Waals surface area (Å²) in [5.74, 6) is 1.01. The Morgan fingerprint density at radius 2 is 1.93 bits per heavy atom. The topological polar surface area (TPSA) is 59.8 Å². The summed E-state index contributed by atoms with van der Waals surface area (Å²) in [6.45, 7) is 1.43. The molecular formula is C21H19F3N4OS. The summed E-state index contributed by atoms with van der Waals surface area (Å²) in [6, 6.07) is 12.8. The summed E-state index contributed by atoms with van der Waals surface area (Å²) < 4.78 is 41.8. The van der Waals surface area contributed by atoms with E-state index in [0.717, 1.165) is 30.4 Å². The Hall–Kier alpha value is -2.81. The highest BCUT2D eigenvalue weighted by atomic mass is 32.2. The third-order valence-electron chi connectivity index (χ3n) is 4.71. The van der Waals surface area contributed by atoms with Crippen LogP contribution in [-0.4, -0.2) is 20.7 Å². The average Bonchev–Trinajstić information content (AvgIpc) is 3.45. The first-order chi connectivity index (χ1) is 14.3. The molecule has 0 unspecified atom stereocenters. The van der Waals surface area contributed by atoms with Crippen LogP contribution in [0.4, 0.5) is 18.9 Å². The molecule has 1 N–H and O–H groups in total. The van der Waals surface area contributed by atoms with Gasteiger partial charge in [0, 0.05) is 24.3 Å². The van der Waals surface area contributed by atoms with Gasteiger partial charge in [-0.2, -0.15) is 13.2 Å². The first-order valence-corrected chi connectivity index (χ1v) is 10.4. The van der Waals surface area contributed by atoms with Gasteiger partial charge in [0.25, 0.3) is 0 Å². The predicted octanol–water partition coefficient (Wildman–Crippen LogP) is 5.41. The quantitative estimate of drug-likeness (QED) is 0.529. The number of hydrogen-bond donors (Lipinski definition) is 1. The maximum absolute atomic E-state index is 13.3. The van der Waals surface area contributed by atoms with Crippen LogP contribution in [0.1, 0.15) is 42.6 Å². The third kappa shape index (κ3) is 4.51. The van der Waals surface area contributed by atoms with E-state index in [1.807, 2.05) is 22.8 Å². The fourth-order valence-corrected chi connectivity index (χ4v) is 4.18. The van der Waals surface area contributed by atoms with Crippen LogP contribution >= 0.6 is 11.8 Å². The highest BCUT2D eigenvalue weighted by molar-refractivity contribution is 7.98. The normalized spacial score (nSPS) is 14.0. The Balaban J connectivity index is 1.66. The molecule has 0 atom stereocenters. The van der Waals surface area contributed by atoms with E-state index in [1.165, 1.54) is 30.8 Å². The van der Waals surface area contributed by atoms with Crippen LogP contribution in [0, 0.1) is 0 Å². The van der Waals surface area contributed by atoms with Gasteiger partial charge >= 0.3 is 6.18 Å². The highest BCUT2D eigenvalue weighted by Crippen LogP contribution is 2.42. The van der Waals surface area contributed by atoms with Crippen molar-refractivity contribution in [1.82, 2.24) is 14.8 Å². The molecule has 0 bridgehead atoms. The molecule has 5 nitrogen and oxygen atoms in total. The van der Waals surface area contributed by atoms with E-state index in [9.17, 15) is 18.0 Å². The summed E-state index contributed by atoms with van der Waals surface area (Å²) in [7, 11) is 0. The van der Waals surface area contributed by atoms with Crippen LogP contribution in [-0.2, 0) is 16.7 Å². The number of alkyl halides is 3. The lowest BCUT2D eigenvalue weighted by Gasteiger charge is -2.14. The van der Waals surface area contributed by atoms with Crippen molar-refractivity contribution >= 4 is 23.4 Å². The Morgan fingerprint density at radius 1 is 1.17 bits per heavy atom. The summed E-state index contributed by atoms with van der Waals surface area (Å²) in [5.41, 5.74) is 0.955. The minimum absolute atomic E-state index is 0.115. The third-order valence-corrected chi connectivity index (χ3v) is 5.68. The SMILES string of the molecule is CC(=O)Nc1cccc(-n2c(SCc3ccccc3C(F)(F)F)nnc2C2CC2)c1. The summed E-state index contributed by atoms with van der Waals surface area (Å²) >= 11 is 1.21. The van der Waals surface area contributed by atoms with Crippen molar-refractivity contribution < 1.29 is 18.0 Å². The zero-order chi connectivity index (χ0) is 21.3. The van der Waals surface area contributed by atoms with Crippen molar-refractivity contribution in [2.24, 2.45) is 0 Å². The molecule has 1 heterocycles. The van der Waals surface area contributed by atoms with Crippen LogP contribution in [0.5, 0.6) is 0 Å². The van der Waals surface area contributed by atoms with Crippen molar-refractivity contribution in [3.8, 4) is 5.69 Å². The van der Waals surface area contributed by atoms with Gasteiger partial charge < -0.3 is 5.32 Å². The van der Waals surface area contributed by atoms with E-state index >= 15 is 0 Å². The van der Waals surface area contributed by atoms with Gasteiger partial charge in [-0.25, -0.2) is 0 Å². The van der Waals surface area contributed by atoms with Crippen molar-refractivity contribution in [2.75, 3.05) is 5.32 Å². The number of aromatic nitrogens is 3. The van der Waals surface area contributed by atoms with E-state index < -0.39 is 11.7 Å². The Bertz CT molecular complexity index is 1080. The lowest BCUT2D eigenvalue weighted by molar-refractivity contribution is -0.138. The van der Waals surface area contributed by atoms with Crippen LogP contribution in [0.2, 0.25) is 0 Å². The maximum atomic E-state index is 13.3. The van der Waals surface area contributed by atoms with Gasteiger partial charge in [-0.3, -0.25) is 9.36 Å². The summed E-state index contributed by atoms with van der Waals surface area (Å²) in [4.78, 5) is 11.4. The van der Waals surface area contributed by atoms with Crippen LogP contribution < -0.4 is 5.32 Å². The van der Waals surface area contributed by atoms with Crippen LogP contribution in [0.3, 0.4) is 0 Å². The molecule has 1 aliphatic rings. The molecule has 4 rings (SSSR count). The molecule has 156 valence electrons. The van der Waals surface area contributed by atoms with E-state index in [1.54, 1.807) is 12.1 Å². The van der Waals surface area contributed by atoms with E-state index in [2.05, 4.69) is 15.5 Å². The number of benzene rings is 2. The molecular weight excluding hydrogens is 413 g/mol. The first-order valence-electron chi connectivity index (χ1n) is 9.44. The first kappa shape index (κ1) is 20.5. The van der Waals surface area contributed by atoms with E-state index in [-0.39, 0.29) is 17.2 Å². The molecule has 0 aliphatic heterocycles. The number of amides is 1. The molecule has 9 heteroatoms. The Labute approximate surface area is 175 Å². The smallest absolute Gasteiger partial charge is 0.326 e. The predicted molar refractivity (Wildman–Crippen MR) is 109 cm³/mol. The lowest BCUT2D eigenvalue weighted by Crippen LogP contribution is -2.09. The van der Waals surface area contributed by atoms with Gasteiger partial charge in [0.1, 0.15) is 5.82 Å². The lowest BCUT2D eigenvalue weighted by atomic mass is 10.1. The van der Waals surface area contributed by atoms with Gasteiger partial charge in [0.2, 0.25) is 5.91 Å². The zero-order valence-electron chi connectivity index (χ0n) is 16.1. The Kier molecular flexibility index (Phi) is 5.55. The van der Waals surface area contributed by atoms with Gasteiger partial charge in [-0.05, 0) is 42.7 Å². The zero-order valence-corrected chi connectivity index (χ0v) is 16.9. The fourth-order valence-electron chi connectivity index (χ4n) is 3.21. The molecule has 30 heavy (non-hydrogen) atoms. The van der Waals surface area contributed by atoms with Gasteiger partial charge in [0.15, 0.2) is 5.16 Å². The largest absolute Gasteiger partial charge is 0.416 e. The maximum Gasteiger partial charge on any atom is 0.416 e. The number of halogens is 3.